The molecule has 0 aromatic heterocycles. The highest BCUT2D eigenvalue weighted by Crippen LogP contribution is 2.52. The predicted octanol–water partition coefficient (Wildman–Crippen LogP) is 3.85. The Bertz CT molecular complexity index is 196. The lowest BCUT2D eigenvalue weighted by molar-refractivity contribution is 0.577. The second-order valence-electron chi connectivity index (χ2n) is 3.63. The van der Waals surface area contributed by atoms with Gasteiger partial charge in [-0.3, -0.25) is 0 Å². The third-order valence-corrected chi connectivity index (χ3v) is 5.28. The average Bonchev–Trinajstić information content (AvgIpc) is 2.47. The van der Waals surface area contributed by atoms with Crippen LogP contribution in [0.2, 0.25) is 0 Å². The van der Waals surface area contributed by atoms with E-state index in [-0.39, 0.29) is 0 Å². The van der Waals surface area contributed by atoms with Crippen molar-refractivity contribution in [1.82, 2.24) is 0 Å². The number of hydrogen-bond acceptors (Lipinski definition) is 1. The van der Waals surface area contributed by atoms with Crippen molar-refractivity contribution in [1.29, 1.82) is 0 Å². The first kappa shape index (κ1) is 10.1. The van der Waals surface area contributed by atoms with E-state index >= 15 is 0 Å². The molecule has 0 radical (unpaired) electrons. The van der Waals surface area contributed by atoms with Gasteiger partial charge in [-0.15, -0.1) is 0 Å². The number of rotatable bonds is 5. The molecule has 2 heteroatoms. The summed E-state index contributed by atoms with van der Waals surface area (Å²) in [5.74, 6) is 1.99. The maximum absolute atomic E-state index is 11.9. The van der Waals surface area contributed by atoms with Gasteiger partial charge in [-0.25, -0.2) is 0 Å². The summed E-state index contributed by atoms with van der Waals surface area (Å²) in [4.78, 5) is 0. The van der Waals surface area contributed by atoms with Gasteiger partial charge in [0, 0.05) is 12.3 Å². The van der Waals surface area contributed by atoms with Gasteiger partial charge in [0.25, 0.3) is 0 Å². The Kier molecular flexibility index (Phi) is 4.08. The highest BCUT2D eigenvalue weighted by Gasteiger charge is 2.20. The molecule has 1 nitrogen and oxygen atoms in total. The van der Waals surface area contributed by atoms with Crippen LogP contribution in [0.4, 0.5) is 0 Å². The van der Waals surface area contributed by atoms with Crippen molar-refractivity contribution in [3.05, 3.63) is 11.9 Å². The van der Waals surface area contributed by atoms with Crippen molar-refractivity contribution in [3.8, 4) is 0 Å². The summed E-state index contributed by atoms with van der Waals surface area (Å²) in [5.41, 5.74) is 0. The lowest BCUT2D eigenvalue weighted by Crippen LogP contribution is -1.88. The van der Waals surface area contributed by atoms with Crippen LogP contribution in [0.15, 0.2) is 11.9 Å². The first-order chi connectivity index (χ1) is 5.77. The van der Waals surface area contributed by atoms with Gasteiger partial charge in [-0.1, -0.05) is 32.3 Å². The minimum Gasteiger partial charge on any atom is -0.319 e. The minimum absolute atomic E-state index is 0.944. The van der Waals surface area contributed by atoms with E-state index in [9.17, 15) is 4.57 Å². The van der Waals surface area contributed by atoms with E-state index in [1.54, 1.807) is 0 Å². The third kappa shape index (κ3) is 3.15. The SMILES string of the molecule is CCCCCCP1(=O)C=CCC1. The topological polar surface area (TPSA) is 17.1 Å². The van der Waals surface area contributed by atoms with Crippen LogP contribution >= 0.6 is 7.14 Å². The molecule has 1 rings (SSSR count). The van der Waals surface area contributed by atoms with E-state index in [2.05, 4.69) is 13.0 Å². The standard InChI is InChI=1S/C10H19OP/c1-2-3-4-5-8-12(11)9-6-7-10-12/h6,9H,2-5,7-8,10H2,1H3. The first-order valence-electron chi connectivity index (χ1n) is 5.02. The Hall–Kier alpha value is -0.0300. The quantitative estimate of drug-likeness (QED) is 0.471. The van der Waals surface area contributed by atoms with Gasteiger partial charge in [0.2, 0.25) is 0 Å². The fraction of sp³-hybridized carbons (Fsp3) is 0.800. The summed E-state index contributed by atoms with van der Waals surface area (Å²) in [6, 6.07) is 0. The zero-order valence-electron chi connectivity index (χ0n) is 7.96. The Morgan fingerprint density at radius 2 is 2.17 bits per heavy atom. The van der Waals surface area contributed by atoms with Crippen LogP contribution in [0.3, 0.4) is 0 Å². The molecule has 70 valence electrons. The summed E-state index contributed by atoms with van der Waals surface area (Å²) in [7, 11) is -1.79. The maximum atomic E-state index is 11.9. The van der Waals surface area contributed by atoms with Gasteiger partial charge < -0.3 is 4.57 Å². The highest BCUT2D eigenvalue weighted by molar-refractivity contribution is 7.67. The number of hydrogen-bond donors (Lipinski definition) is 0. The van der Waals surface area contributed by atoms with Crippen LogP contribution in [0.25, 0.3) is 0 Å². The Balaban J connectivity index is 2.14. The minimum atomic E-state index is -1.79. The summed E-state index contributed by atoms with van der Waals surface area (Å²) >= 11 is 0. The number of allylic oxidation sites excluding steroid dienone is 1. The predicted molar refractivity (Wildman–Crippen MR) is 55.2 cm³/mol. The Morgan fingerprint density at radius 3 is 2.75 bits per heavy atom. The molecule has 0 amide bonds. The Morgan fingerprint density at radius 1 is 1.33 bits per heavy atom. The van der Waals surface area contributed by atoms with Gasteiger partial charge >= 0.3 is 0 Å². The van der Waals surface area contributed by atoms with Crippen molar-refractivity contribution in [2.75, 3.05) is 12.3 Å². The molecule has 12 heavy (non-hydrogen) atoms. The second-order valence-corrected chi connectivity index (χ2v) is 6.73. The molecule has 1 aliphatic heterocycles. The Labute approximate surface area is 75.6 Å². The molecule has 0 bridgehead atoms. The van der Waals surface area contributed by atoms with E-state index in [0.29, 0.717) is 0 Å². The summed E-state index contributed by atoms with van der Waals surface area (Å²) in [5, 5.41) is 0. The molecule has 0 fully saturated rings. The smallest absolute Gasteiger partial charge is 0.108 e. The van der Waals surface area contributed by atoms with Crippen LogP contribution in [0, 0.1) is 0 Å². The molecule has 0 saturated heterocycles. The van der Waals surface area contributed by atoms with Crippen molar-refractivity contribution in [2.24, 2.45) is 0 Å². The van der Waals surface area contributed by atoms with Gasteiger partial charge in [-0.2, -0.15) is 0 Å². The summed E-state index contributed by atoms with van der Waals surface area (Å²) in [6.45, 7) is 2.21. The first-order valence-corrected chi connectivity index (χ1v) is 7.17. The average molecular weight is 186 g/mol. The van der Waals surface area contributed by atoms with Crippen molar-refractivity contribution in [3.63, 3.8) is 0 Å². The summed E-state index contributed by atoms with van der Waals surface area (Å²) < 4.78 is 11.9. The molecule has 0 spiro atoms. The molecule has 0 N–H and O–H groups in total. The zero-order chi connectivity index (χ0) is 8.86. The van der Waals surface area contributed by atoms with Crippen molar-refractivity contribution < 1.29 is 4.57 Å². The molecule has 1 aliphatic rings. The third-order valence-electron chi connectivity index (χ3n) is 2.44. The molecular weight excluding hydrogens is 167 g/mol. The van der Waals surface area contributed by atoms with Crippen LogP contribution in [-0.4, -0.2) is 12.3 Å². The normalized spacial score (nSPS) is 28.1. The lowest BCUT2D eigenvalue weighted by atomic mass is 10.2. The van der Waals surface area contributed by atoms with Gasteiger partial charge in [0.05, 0.1) is 0 Å². The molecule has 0 saturated carbocycles. The van der Waals surface area contributed by atoms with E-state index in [4.69, 9.17) is 0 Å². The van der Waals surface area contributed by atoms with Crippen LogP contribution in [0.1, 0.15) is 39.0 Å². The van der Waals surface area contributed by atoms with Gasteiger partial charge in [-0.05, 0) is 18.7 Å². The maximum Gasteiger partial charge on any atom is 0.108 e. The zero-order valence-corrected chi connectivity index (χ0v) is 8.85. The van der Waals surface area contributed by atoms with E-state index in [1.807, 2.05) is 5.82 Å². The molecule has 0 aliphatic carbocycles. The lowest BCUT2D eigenvalue weighted by Gasteiger charge is -2.07. The molecule has 1 unspecified atom stereocenters. The number of unbranched alkanes of at least 4 members (excludes halogenated alkanes) is 3. The largest absolute Gasteiger partial charge is 0.319 e. The fourth-order valence-electron chi connectivity index (χ4n) is 1.63. The fourth-order valence-corrected chi connectivity index (χ4v) is 4.03. The van der Waals surface area contributed by atoms with E-state index in [0.717, 1.165) is 25.2 Å². The van der Waals surface area contributed by atoms with Crippen LogP contribution in [-0.2, 0) is 4.57 Å². The van der Waals surface area contributed by atoms with Crippen LogP contribution in [0.5, 0.6) is 0 Å². The van der Waals surface area contributed by atoms with Crippen molar-refractivity contribution >= 4 is 7.14 Å². The molecule has 0 aromatic rings. The second kappa shape index (κ2) is 4.87. The van der Waals surface area contributed by atoms with E-state index in [1.165, 1.54) is 19.3 Å². The van der Waals surface area contributed by atoms with Gasteiger partial charge in [0.15, 0.2) is 0 Å². The summed E-state index contributed by atoms with van der Waals surface area (Å²) in [6.07, 6.45) is 10.0. The molecular formula is C10H19OP. The highest BCUT2D eigenvalue weighted by atomic mass is 31.2. The molecule has 1 atom stereocenters. The molecule has 0 aromatic carbocycles. The molecule has 1 heterocycles. The van der Waals surface area contributed by atoms with Crippen molar-refractivity contribution in [2.45, 2.75) is 39.0 Å². The van der Waals surface area contributed by atoms with E-state index < -0.39 is 7.14 Å². The van der Waals surface area contributed by atoms with Crippen LogP contribution < -0.4 is 0 Å². The van der Waals surface area contributed by atoms with Gasteiger partial charge in [0.1, 0.15) is 7.14 Å². The monoisotopic (exact) mass is 186 g/mol.